The number of aryl methyl sites for hydroxylation is 3. The maximum Gasteiger partial charge on any atom is 0.230 e. The lowest BCUT2D eigenvalue weighted by molar-refractivity contribution is -0.119. The zero-order valence-corrected chi connectivity index (χ0v) is 20.0. The van der Waals surface area contributed by atoms with E-state index in [-0.39, 0.29) is 18.2 Å². The SMILES string of the molecule is CC(=O)NCCCc1ccc(-c2csc(NC(=O)Cc3coc4cc5c(cc34)CCC5)n2)cc1. The van der Waals surface area contributed by atoms with Gasteiger partial charge in [-0.15, -0.1) is 11.3 Å². The first-order chi connectivity index (χ1) is 16.5. The molecule has 0 radical (unpaired) electrons. The molecule has 0 bridgehead atoms. The Morgan fingerprint density at radius 2 is 1.91 bits per heavy atom. The zero-order chi connectivity index (χ0) is 23.5. The number of aromatic nitrogens is 1. The molecule has 0 unspecified atom stereocenters. The average molecular weight is 474 g/mol. The van der Waals surface area contributed by atoms with E-state index in [9.17, 15) is 9.59 Å². The van der Waals surface area contributed by atoms with Crippen molar-refractivity contribution in [1.29, 1.82) is 0 Å². The number of carbonyl (C=O) groups excluding carboxylic acids is 2. The fourth-order valence-corrected chi connectivity index (χ4v) is 5.22. The molecular formula is C27H27N3O3S. The van der Waals surface area contributed by atoms with Gasteiger partial charge in [-0.25, -0.2) is 4.98 Å². The molecule has 1 aliphatic carbocycles. The van der Waals surface area contributed by atoms with E-state index in [0.29, 0.717) is 11.7 Å². The molecule has 7 heteroatoms. The maximum absolute atomic E-state index is 12.7. The molecule has 0 fully saturated rings. The van der Waals surface area contributed by atoms with Gasteiger partial charge in [-0.1, -0.05) is 24.3 Å². The molecule has 2 N–H and O–H groups in total. The van der Waals surface area contributed by atoms with Crippen LogP contribution in [0.5, 0.6) is 0 Å². The van der Waals surface area contributed by atoms with E-state index in [4.69, 9.17) is 4.42 Å². The van der Waals surface area contributed by atoms with Crippen molar-refractivity contribution in [3.63, 3.8) is 0 Å². The number of benzene rings is 2. The van der Waals surface area contributed by atoms with Gasteiger partial charge >= 0.3 is 0 Å². The fourth-order valence-electron chi connectivity index (χ4n) is 4.48. The van der Waals surface area contributed by atoms with Gasteiger partial charge in [0.25, 0.3) is 0 Å². The van der Waals surface area contributed by atoms with Crippen molar-refractivity contribution in [3.05, 3.63) is 70.3 Å². The fraction of sp³-hybridized carbons (Fsp3) is 0.296. The van der Waals surface area contributed by atoms with Crippen molar-refractivity contribution in [1.82, 2.24) is 10.3 Å². The van der Waals surface area contributed by atoms with Gasteiger partial charge in [-0.3, -0.25) is 9.59 Å². The number of nitrogens with zero attached hydrogens (tertiary/aromatic N) is 1. The lowest BCUT2D eigenvalue weighted by Gasteiger charge is -2.04. The highest BCUT2D eigenvalue weighted by Gasteiger charge is 2.17. The number of rotatable bonds is 8. The second-order valence-electron chi connectivity index (χ2n) is 8.78. The van der Waals surface area contributed by atoms with Crippen molar-refractivity contribution in [2.75, 3.05) is 11.9 Å². The molecule has 4 aromatic rings. The second-order valence-corrected chi connectivity index (χ2v) is 9.64. The van der Waals surface area contributed by atoms with Crippen LogP contribution in [0.4, 0.5) is 5.13 Å². The number of amides is 2. The molecule has 0 saturated carbocycles. The van der Waals surface area contributed by atoms with E-state index in [1.807, 2.05) is 17.5 Å². The Hall–Kier alpha value is -3.45. The Labute approximate surface area is 202 Å². The van der Waals surface area contributed by atoms with Crippen LogP contribution in [0.2, 0.25) is 0 Å². The first-order valence-electron chi connectivity index (χ1n) is 11.7. The molecule has 6 nitrogen and oxygen atoms in total. The van der Waals surface area contributed by atoms with Crippen molar-refractivity contribution >= 4 is 39.3 Å². The van der Waals surface area contributed by atoms with Gasteiger partial charge in [0.15, 0.2) is 5.13 Å². The summed E-state index contributed by atoms with van der Waals surface area (Å²) in [5.41, 5.74) is 7.58. The van der Waals surface area contributed by atoms with Crippen molar-refractivity contribution < 1.29 is 14.0 Å². The third kappa shape index (κ3) is 5.04. The summed E-state index contributed by atoms with van der Waals surface area (Å²) in [6.45, 7) is 2.21. The van der Waals surface area contributed by atoms with Crippen LogP contribution in [0.15, 0.2) is 52.5 Å². The number of nitrogens with one attached hydrogen (secondary N) is 2. The van der Waals surface area contributed by atoms with Gasteiger partial charge in [0, 0.05) is 35.4 Å². The van der Waals surface area contributed by atoms with Crippen LogP contribution in [-0.4, -0.2) is 23.3 Å². The number of carbonyl (C=O) groups is 2. The summed E-state index contributed by atoms with van der Waals surface area (Å²) >= 11 is 1.42. The van der Waals surface area contributed by atoms with Gasteiger partial charge in [-0.2, -0.15) is 0 Å². The number of anilines is 1. The molecule has 174 valence electrons. The van der Waals surface area contributed by atoms with E-state index < -0.39 is 0 Å². The molecule has 1 aliphatic rings. The van der Waals surface area contributed by atoms with E-state index in [1.165, 1.54) is 41.4 Å². The number of fused-ring (bicyclic) bond motifs is 2. The molecule has 2 heterocycles. The molecule has 2 aromatic carbocycles. The van der Waals surface area contributed by atoms with Gasteiger partial charge in [0.1, 0.15) is 5.58 Å². The zero-order valence-electron chi connectivity index (χ0n) is 19.1. The van der Waals surface area contributed by atoms with Crippen molar-refractivity contribution in [2.24, 2.45) is 0 Å². The number of thiazole rings is 1. The predicted molar refractivity (Wildman–Crippen MR) is 135 cm³/mol. The highest BCUT2D eigenvalue weighted by molar-refractivity contribution is 7.14. The number of hydrogen-bond donors (Lipinski definition) is 2. The molecule has 2 amide bonds. The summed E-state index contributed by atoms with van der Waals surface area (Å²) in [7, 11) is 0. The Balaban J connectivity index is 1.19. The maximum atomic E-state index is 12.7. The Bertz CT molecular complexity index is 1340. The van der Waals surface area contributed by atoms with E-state index in [1.54, 1.807) is 6.26 Å². The van der Waals surface area contributed by atoms with Crippen LogP contribution in [0.1, 0.15) is 42.0 Å². The Morgan fingerprint density at radius 1 is 1.12 bits per heavy atom. The molecule has 0 saturated heterocycles. The van der Waals surface area contributed by atoms with Crippen LogP contribution in [-0.2, 0) is 35.3 Å². The molecule has 0 aliphatic heterocycles. The third-order valence-electron chi connectivity index (χ3n) is 6.24. The smallest absolute Gasteiger partial charge is 0.230 e. The summed E-state index contributed by atoms with van der Waals surface area (Å²) in [6, 6.07) is 12.6. The van der Waals surface area contributed by atoms with E-state index in [0.717, 1.165) is 53.5 Å². The summed E-state index contributed by atoms with van der Waals surface area (Å²) in [5, 5.41) is 9.33. The largest absolute Gasteiger partial charge is 0.464 e. The van der Waals surface area contributed by atoms with Crippen LogP contribution in [0.3, 0.4) is 0 Å². The summed E-state index contributed by atoms with van der Waals surface area (Å²) in [5.74, 6) is -0.0957. The normalized spacial score (nSPS) is 12.6. The minimum Gasteiger partial charge on any atom is -0.464 e. The van der Waals surface area contributed by atoms with Crippen molar-refractivity contribution in [2.45, 2.75) is 45.4 Å². The highest BCUT2D eigenvalue weighted by atomic mass is 32.1. The van der Waals surface area contributed by atoms with Crippen LogP contribution >= 0.6 is 11.3 Å². The van der Waals surface area contributed by atoms with Crippen LogP contribution in [0.25, 0.3) is 22.2 Å². The second kappa shape index (κ2) is 9.81. The lowest BCUT2D eigenvalue weighted by atomic mass is 10.0. The minimum atomic E-state index is -0.0985. The topological polar surface area (TPSA) is 84.2 Å². The average Bonchev–Trinajstić information content (AvgIpc) is 3.56. The number of furan rings is 1. The van der Waals surface area contributed by atoms with Crippen molar-refractivity contribution in [3.8, 4) is 11.3 Å². The number of hydrogen-bond acceptors (Lipinski definition) is 5. The summed E-state index contributed by atoms with van der Waals surface area (Å²) < 4.78 is 5.73. The predicted octanol–water partition coefficient (Wildman–Crippen LogP) is 5.29. The highest BCUT2D eigenvalue weighted by Crippen LogP contribution is 2.31. The molecule has 0 atom stereocenters. The minimum absolute atomic E-state index is 0.00283. The first-order valence-corrected chi connectivity index (χ1v) is 12.5. The quantitative estimate of drug-likeness (QED) is 0.340. The molecule has 0 spiro atoms. The molecule has 2 aromatic heterocycles. The lowest BCUT2D eigenvalue weighted by Crippen LogP contribution is -2.21. The summed E-state index contributed by atoms with van der Waals surface area (Å²) in [4.78, 5) is 28.2. The Morgan fingerprint density at radius 3 is 2.71 bits per heavy atom. The summed E-state index contributed by atoms with van der Waals surface area (Å²) in [6.07, 6.45) is 7.16. The standard InChI is InChI=1S/C27H27N3O3S/c1-17(31)28-11-3-4-18-7-9-19(10-8-18)24-16-34-27(29-24)30-26(32)14-22-15-33-25-13-21-6-2-5-20(21)12-23(22)25/h7-10,12-13,15-16H,2-6,11,14H2,1H3,(H,28,31)(H,29,30,32). The molecule has 5 rings (SSSR count). The van der Waals surface area contributed by atoms with Crippen LogP contribution in [0, 0.1) is 0 Å². The van der Waals surface area contributed by atoms with Crippen LogP contribution < -0.4 is 10.6 Å². The molecular weight excluding hydrogens is 446 g/mol. The van der Waals surface area contributed by atoms with Gasteiger partial charge in [-0.05, 0) is 60.9 Å². The monoisotopic (exact) mass is 473 g/mol. The first kappa shape index (κ1) is 22.3. The van der Waals surface area contributed by atoms with E-state index in [2.05, 4.69) is 39.9 Å². The third-order valence-corrected chi connectivity index (χ3v) is 6.99. The van der Waals surface area contributed by atoms with E-state index >= 15 is 0 Å². The molecule has 34 heavy (non-hydrogen) atoms. The van der Waals surface area contributed by atoms with Gasteiger partial charge in [0.05, 0.1) is 18.4 Å². The van der Waals surface area contributed by atoms with Gasteiger partial charge in [0.2, 0.25) is 11.8 Å². The van der Waals surface area contributed by atoms with Gasteiger partial charge < -0.3 is 15.1 Å². The Kier molecular flexibility index (Phi) is 6.45.